The van der Waals surface area contributed by atoms with Gasteiger partial charge in [-0.3, -0.25) is 4.79 Å². The lowest BCUT2D eigenvalue weighted by Gasteiger charge is -2.57. The fraction of sp³-hybridized carbons (Fsp3) is 0.960. The van der Waals surface area contributed by atoms with Crippen LogP contribution >= 0.6 is 0 Å². The molecule has 0 radical (unpaired) electrons. The molecule has 3 fully saturated rings. The molecule has 2 nitrogen and oxygen atoms in total. The van der Waals surface area contributed by atoms with Gasteiger partial charge in [-0.1, -0.05) is 71.6 Å². The highest BCUT2D eigenvalue weighted by Crippen LogP contribution is 2.64. The van der Waals surface area contributed by atoms with Crippen molar-refractivity contribution in [2.75, 3.05) is 0 Å². The number of carboxylic acids is 1. The lowest BCUT2D eigenvalue weighted by Crippen LogP contribution is -2.53. The second-order valence-corrected chi connectivity index (χ2v) is 10.4. The summed E-state index contributed by atoms with van der Waals surface area (Å²) in [6, 6.07) is 0. The van der Waals surface area contributed by atoms with Gasteiger partial charge >= 0.3 is 5.97 Å². The fourth-order valence-electron chi connectivity index (χ4n) is 7.60. The van der Waals surface area contributed by atoms with Crippen LogP contribution in [0.2, 0.25) is 0 Å². The molecule has 156 valence electrons. The van der Waals surface area contributed by atoms with Crippen LogP contribution in [0.15, 0.2) is 0 Å². The molecule has 0 aromatic heterocycles. The zero-order valence-electron chi connectivity index (χ0n) is 18.2. The van der Waals surface area contributed by atoms with E-state index in [-0.39, 0.29) is 5.41 Å². The van der Waals surface area contributed by atoms with Gasteiger partial charge in [-0.2, -0.15) is 0 Å². The lowest BCUT2D eigenvalue weighted by molar-refractivity contribution is -0.171. The average molecular weight is 377 g/mol. The van der Waals surface area contributed by atoms with Crippen molar-refractivity contribution in [2.24, 2.45) is 22.2 Å². The molecule has 0 aromatic carbocycles. The number of rotatable bonds is 7. The van der Waals surface area contributed by atoms with Crippen molar-refractivity contribution in [3.63, 3.8) is 0 Å². The predicted octanol–water partition coefficient (Wildman–Crippen LogP) is 7.75. The summed E-state index contributed by atoms with van der Waals surface area (Å²) in [5, 5.41) is 10.4. The second kappa shape index (κ2) is 8.87. The summed E-state index contributed by atoms with van der Waals surface area (Å²) in [4.78, 5) is 12.7. The molecule has 0 unspecified atom stereocenters. The molecule has 2 heteroatoms. The quantitative estimate of drug-likeness (QED) is 0.493. The van der Waals surface area contributed by atoms with Crippen LogP contribution in [0.1, 0.15) is 129 Å². The average Bonchev–Trinajstić information content (AvgIpc) is 2.73. The largest absolute Gasteiger partial charge is 0.481 e. The van der Waals surface area contributed by atoms with Crippen molar-refractivity contribution in [1.29, 1.82) is 0 Å². The first kappa shape index (κ1) is 21.2. The van der Waals surface area contributed by atoms with Gasteiger partial charge in [0.25, 0.3) is 0 Å². The minimum absolute atomic E-state index is 0.0720. The zero-order chi connectivity index (χ0) is 19.4. The van der Waals surface area contributed by atoms with Gasteiger partial charge in [0, 0.05) is 0 Å². The zero-order valence-corrected chi connectivity index (χ0v) is 18.2. The van der Waals surface area contributed by atoms with E-state index in [1.807, 2.05) is 0 Å². The third kappa shape index (κ3) is 3.84. The van der Waals surface area contributed by atoms with Crippen molar-refractivity contribution in [3.05, 3.63) is 0 Å². The molecular formula is C25H44O2. The van der Waals surface area contributed by atoms with E-state index in [0.717, 1.165) is 38.0 Å². The molecule has 3 aliphatic carbocycles. The summed E-state index contributed by atoms with van der Waals surface area (Å²) >= 11 is 0. The molecule has 0 spiro atoms. The molecule has 27 heavy (non-hydrogen) atoms. The highest BCUT2D eigenvalue weighted by molar-refractivity contribution is 5.76. The van der Waals surface area contributed by atoms with E-state index < -0.39 is 11.4 Å². The first-order chi connectivity index (χ1) is 13.0. The summed E-state index contributed by atoms with van der Waals surface area (Å²) in [5.41, 5.74) is 0.167. The maximum absolute atomic E-state index is 12.7. The standard InChI is InChI=1S/C25H44O2/c1-3-5-14-24(25(22(26)27)15-10-7-11-16-25)19-17-23(4-2,18-20-24)21-12-8-6-9-13-21/h21H,3-20H2,1-2H3,(H,26,27). The van der Waals surface area contributed by atoms with E-state index in [4.69, 9.17) is 0 Å². The summed E-state index contributed by atoms with van der Waals surface area (Å²) in [7, 11) is 0. The van der Waals surface area contributed by atoms with Crippen LogP contribution in [0, 0.1) is 22.2 Å². The molecule has 0 amide bonds. The van der Waals surface area contributed by atoms with Gasteiger partial charge in [0.1, 0.15) is 0 Å². The van der Waals surface area contributed by atoms with Crippen LogP contribution in [0.4, 0.5) is 0 Å². The number of unbranched alkanes of at least 4 members (excludes halogenated alkanes) is 1. The number of carboxylic acid groups (broad SMARTS) is 1. The van der Waals surface area contributed by atoms with Crippen LogP contribution in [0.5, 0.6) is 0 Å². The van der Waals surface area contributed by atoms with Gasteiger partial charge in [0.15, 0.2) is 0 Å². The Labute approximate surface area is 167 Å². The van der Waals surface area contributed by atoms with Crippen molar-refractivity contribution in [2.45, 2.75) is 129 Å². The van der Waals surface area contributed by atoms with Crippen LogP contribution in [-0.2, 0) is 4.79 Å². The van der Waals surface area contributed by atoms with E-state index in [1.165, 1.54) is 83.5 Å². The maximum Gasteiger partial charge on any atom is 0.310 e. The topological polar surface area (TPSA) is 37.3 Å². The highest BCUT2D eigenvalue weighted by Gasteiger charge is 2.58. The van der Waals surface area contributed by atoms with E-state index in [2.05, 4.69) is 13.8 Å². The third-order valence-electron chi connectivity index (χ3n) is 9.52. The summed E-state index contributed by atoms with van der Waals surface area (Å²) < 4.78 is 0. The molecule has 3 aliphatic rings. The Morgan fingerprint density at radius 2 is 1.44 bits per heavy atom. The Kier molecular flexibility index (Phi) is 6.96. The van der Waals surface area contributed by atoms with Gasteiger partial charge in [-0.05, 0) is 74.5 Å². The van der Waals surface area contributed by atoms with E-state index in [9.17, 15) is 9.90 Å². The summed E-state index contributed by atoms with van der Waals surface area (Å²) in [6.45, 7) is 4.68. The molecule has 0 aliphatic heterocycles. The summed E-state index contributed by atoms with van der Waals surface area (Å²) in [5.74, 6) is 0.451. The predicted molar refractivity (Wildman–Crippen MR) is 113 cm³/mol. The third-order valence-corrected chi connectivity index (χ3v) is 9.52. The van der Waals surface area contributed by atoms with Gasteiger partial charge < -0.3 is 5.11 Å². The van der Waals surface area contributed by atoms with Crippen LogP contribution in [-0.4, -0.2) is 11.1 Å². The Morgan fingerprint density at radius 1 is 0.852 bits per heavy atom. The molecule has 0 aromatic rings. The van der Waals surface area contributed by atoms with Crippen LogP contribution in [0.25, 0.3) is 0 Å². The van der Waals surface area contributed by atoms with Gasteiger partial charge in [-0.15, -0.1) is 0 Å². The van der Waals surface area contributed by atoms with E-state index in [1.54, 1.807) is 0 Å². The minimum Gasteiger partial charge on any atom is -0.481 e. The Balaban J connectivity index is 1.85. The molecule has 3 saturated carbocycles. The Morgan fingerprint density at radius 3 is 1.96 bits per heavy atom. The molecule has 3 rings (SSSR count). The number of carbonyl (C=O) groups is 1. The van der Waals surface area contributed by atoms with Crippen LogP contribution in [0.3, 0.4) is 0 Å². The van der Waals surface area contributed by atoms with Gasteiger partial charge in [0.2, 0.25) is 0 Å². The Hall–Kier alpha value is -0.530. The number of hydrogen-bond donors (Lipinski definition) is 1. The normalized spacial score (nSPS) is 35.0. The second-order valence-electron chi connectivity index (χ2n) is 10.4. The molecule has 0 heterocycles. The smallest absolute Gasteiger partial charge is 0.310 e. The SMILES string of the molecule is CCCCC1(C2(C(=O)O)CCCCC2)CCC(CC)(C2CCCCC2)CC1. The van der Waals surface area contributed by atoms with E-state index >= 15 is 0 Å². The molecule has 0 bridgehead atoms. The number of hydrogen-bond acceptors (Lipinski definition) is 1. The molecule has 0 atom stereocenters. The maximum atomic E-state index is 12.7. The summed E-state index contributed by atoms with van der Waals surface area (Å²) in [6.07, 6.45) is 22.3. The number of aliphatic carboxylic acids is 1. The van der Waals surface area contributed by atoms with Crippen molar-refractivity contribution < 1.29 is 9.90 Å². The van der Waals surface area contributed by atoms with Crippen molar-refractivity contribution in [1.82, 2.24) is 0 Å². The van der Waals surface area contributed by atoms with Gasteiger partial charge in [0.05, 0.1) is 5.41 Å². The first-order valence-electron chi connectivity index (χ1n) is 12.3. The van der Waals surface area contributed by atoms with Crippen LogP contribution < -0.4 is 0 Å². The van der Waals surface area contributed by atoms with Crippen molar-refractivity contribution in [3.8, 4) is 0 Å². The first-order valence-corrected chi connectivity index (χ1v) is 12.3. The highest BCUT2D eigenvalue weighted by atomic mass is 16.4. The molecular weight excluding hydrogens is 332 g/mol. The Bertz CT molecular complexity index is 475. The van der Waals surface area contributed by atoms with E-state index in [0.29, 0.717) is 5.41 Å². The fourth-order valence-corrected chi connectivity index (χ4v) is 7.60. The van der Waals surface area contributed by atoms with Gasteiger partial charge in [-0.25, -0.2) is 0 Å². The lowest BCUT2D eigenvalue weighted by atomic mass is 9.46. The van der Waals surface area contributed by atoms with Crippen molar-refractivity contribution >= 4 is 5.97 Å². The minimum atomic E-state index is -0.458. The molecule has 0 saturated heterocycles. The monoisotopic (exact) mass is 376 g/mol. The molecule has 1 N–H and O–H groups in total.